The van der Waals surface area contributed by atoms with Crippen molar-refractivity contribution in [1.82, 2.24) is 35.2 Å². The maximum absolute atomic E-state index is 13.1. The topological polar surface area (TPSA) is 180 Å². The van der Waals surface area contributed by atoms with Crippen molar-refractivity contribution in [2.45, 2.75) is 68.9 Å². The number of likely N-dealkylation sites (tertiary alicyclic amines) is 1. The Kier molecular flexibility index (Phi) is 9.98. The lowest BCUT2D eigenvalue weighted by atomic mass is 9.58. The van der Waals surface area contributed by atoms with E-state index < -0.39 is 11.2 Å². The molecule has 14 nitrogen and oxygen atoms in total. The zero-order valence-corrected chi connectivity index (χ0v) is 31.3. The van der Waals surface area contributed by atoms with E-state index in [9.17, 15) is 14.4 Å². The molecule has 4 aliphatic rings. The highest BCUT2D eigenvalue weighted by Crippen LogP contribution is 2.49. The third kappa shape index (κ3) is 7.31. The number of anilines is 2. The zero-order chi connectivity index (χ0) is 38.5. The number of para-hydroxylation sites is 1. The second-order valence-electron chi connectivity index (χ2n) is 15.1. The number of nitrogens with two attached hydrogens (primary N) is 2. The molecule has 7 N–H and O–H groups in total. The van der Waals surface area contributed by atoms with E-state index in [4.69, 9.17) is 32.3 Å². The molecule has 1 unspecified atom stereocenters. The van der Waals surface area contributed by atoms with Gasteiger partial charge in [-0.25, -0.2) is 4.98 Å². The fourth-order valence-corrected chi connectivity index (χ4v) is 7.27. The van der Waals surface area contributed by atoms with Crippen molar-refractivity contribution < 1.29 is 14.4 Å². The van der Waals surface area contributed by atoms with Crippen LogP contribution in [0.5, 0.6) is 0 Å². The summed E-state index contributed by atoms with van der Waals surface area (Å²) < 4.78 is 2.14. The van der Waals surface area contributed by atoms with E-state index in [1.165, 1.54) is 11.0 Å². The molecule has 54 heavy (non-hydrogen) atoms. The van der Waals surface area contributed by atoms with Crippen molar-refractivity contribution >= 4 is 44.8 Å². The number of benzene rings is 1. The van der Waals surface area contributed by atoms with Crippen molar-refractivity contribution in [3.8, 4) is 11.1 Å². The third-order valence-corrected chi connectivity index (χ3v) is 10.8. The molecule has 2 saturated carbocycles. The fourth-order valence-electron chi connectivity index (χ4n) is 7.27. The lowest BCUT2D eigenvalue weighted by Gasteiger charge is -2.44. The van der Waals surface area contributed by atoms with Crippen LogP contribution in [0, 0.1) is 5.92 Å². The summed E-state index contributed by atoms with van der Waals surface area (Å²) in [5.74, 6) is -0.697. The first-order valence-corrected chi connectivity index (χ1v) is 18.6. The van der Waals surface area contributed by atoms with E-state index in [1.807, 2.05) is 30.3 Å². The van der Waals surface area contributed by atoms with Crippen molar-refractivity contribution in [1.29, 1.82) is 0 Å². The molecule has 16 heteroatoms. The molecule has 3 amide bonds. The van der Waals surface area contributed by atoms with Gasteiger partial charge in [-0.05, 0) is 82.1 Å². The van der Waals surface area contributed by atoms with E-state index in [1.54, 1.807) is 32.3 Å². The quantitative estimate of drug-likeness (QED) is 0.112. The number of nitrogens with zero attached hydrogens (tertiary/aromatic N) is 6. The van der Waals surface area contributed by atoms with Gasteiger partial charge in [0.05, 0.1) is 56.7 Å². The smallest absolute Gasteiger partial charge is 0.271 e. The number of carbonyl (C=O) groups is 3. The van der Waals surface area contributed by atoms with E-state index in [2.05, 4.69) is 43.5 Å². The van der Waals surface area contributed by atoms with Crippen LogP contribution in [-0.4, -0.2) is 98.3 Å². The molecule has 0 spiro atoms. The van der Waals surface area contributed by atoms with E-state index >= 15 is 0 Å². The first kappa shape index (κ1) is 37.1. The molecule has 278 valence electrons. The number of pyridine rings is 1. The molecule has 2 aliphatic carbocycles. The second-order valence-corrected chi connectivity index (χ2v) is 15.1. The lowest BCUT2D eigenvalue weighted by molar-refractivity contribution is -0.121. The minimum absolute atomic E-state index is 0.0287. The molecule has 1 saturated heterocycles. The molecule has 3 fully saturated rings. The van der Waals surface area contributed by atoms with E-state index in [-0.39, 0.29) is 53.1 Å². The summed E-state index contributed by atoms with van der Waals surface area (Å²) in [6.07, 6.45) is 8.43. The largest absolute Gasteiger partial charge is 0.393 e. The van der Waals surface area contributed by atoms with Gasteiger partial charge < -0.3 is 42.1 Å². The van der Waals surface area contributed by atoms with Crippen LogP contribution in [0.3, 0.4) is 0 Å². The number of hydrogen-bond donors (Lipinski definition) is 5. The number of piperidine rings is 1. The Bertz CT molecular complexity index is 2030. The van der Waals surface area contributed by atoms with Crippen molar-refractivity contribution in [2.24, 2.45) is 17.4 Å². The maximum atomic E-state index is 13.1. The van der Waals surface area contributed by atoms with Crippen LogP contribution < -0.4 is 32.3 Å². The molecule has 4 heterocycles. The van der Waals surface area contributed by atoms with Gasteiger partial charge in [0.1, 0.15) is 17.2 Å². The highest BCUT2D eigenvalue weighted by atomic mass is 16.2. The van der Waals surface area contributed by atoms with E-state index in [0.717, 1.165) is 66.7 Å². The van der Waals surface area contributed by atoms with Crippen LogP contribution in [0.4, 0.5) is 11.4 Å². The van der Waals surface area contributed by atoms with Gasteiger partial charge in [-0.2, -0.15) is 5.10 Å². The number of hydrogen-bond acceptors (Lipinski definition) is 10. The number of aromatic nitrogens is 3. The fraction of sp³-hybridized carbons (Fsp3) is 0.447. The molecule has 3 aromatic rings. The normalized spacial score (nSPS) is 19.7. The van der Waals surface area contributed by atoms with Gasteiger partial charge in [0, 0.05) is 56.0 Å². The number of nitrogens with one attached hydrogen (secondary N) is 3. The lowest BCUT2D eigenvalue weighted by Crippen LogP contribution is -2.51. The number of allylic oxidation sites excluding steroid dienone is 1. The highest BCUT2D eigenvalue weighted by Gasteiger charge is 2.37. The van der Waals surface area contributed by atoms with Gasteiger partial charge >= 0.3 is 0 Å². The molecular formula is C38H47B2N11O3. The first-order valence-electron chi connectivity index (χ1n) is 18.6. The van der Waals surface area contributed by atoms with Crippen molar-refractivity contribution in [2.75, 3.05) is 44.4 Å². The van der Waals surface area contributed by atoms with Crippen LogP contribution in [0.25, 0.3) is 11.1 Å². The minimum Gasteiger partial charge on any atom is -0.393 e. The molecule has 0 bridgehead atoms. The predicted molar refractivity (Wildman–Crippen MR) is 209 cm³/mol. The van der Waals surface area contributed by atoms with Gasteiger partial charge in [0.2, 0.25) is 5.91 Å². The van der Waals surface area contributed by atoms with Gasteiger partial charge in [-0.3, -0.25) is 19.1 Å². The second kappa shape index (κ2) is 14.5. The molecule has 2 aliphatic heterocycles. The molecule has 4 radical (unpaired) electrons. The Hall–Kier alpha value is -5.24. The van der Waals surface area contributed by atoms with Crippen molar-refractivity contribution in [3.63, 3.8) is 0 Å². The summed E-state index contributed by atoms with van der Waals surface area (Å²) in [5.41, 5.74) is 18.4. The number of fused-ring (bicyclic) bond motifs is 3. The minimum atomic E-state index is -1.36. The highest BCUT2D eigenvalue weighted by molar-refractivity contribution is 6.39. The number of rotatable bonds is 11. The Balaban J connectivity index is 1.13. The molecule has 1 aromatic carbocycles. The SMILES string of the molecule is [B]C([B])(c1cccc(C(=O)N(C)C)n1)N1CCC(n2ncc3c2C(C)N(C)c2c(NC(/C=C(\N)NC(=O)C4CC4)=C(/N)C(=O)NC4CC4)cccc2-3)CC1. The van der Waals surface area contributed by atoms with Crippen LogP contribution in [0.15, 0.2) is 65.9 Å². The van der Waals surface area contributed by atoms with Crippen LogP contribution in [-0.2, 0) is 14.9 Å². The monoisotopic (exact) mass is 727 g/mol. The average Bonchev–Trinajstić information content (AvgIpc) is 4.11. The van der Waals surface area contributed by atoms with Gasteiger partial charge in [0.15, 0.2) is 0 Å². The summed E-state index contributed by atoms with van der Waals surface area (Å²) in [7, 11) is 18.8. The first-order chi connectivity index (χ1) is 25.7. The predicted octanol–water partition coefficient (Wildman–Crippen LogP) is 2.13. The van der Waals surface area contributed by atoms with Gasteiger partial charge in [0.25, 0.3) is 11.8 Å². The van der Waals surface area contributed by atoms with Crippen LogP contribution in [0.1, 0.15) is 79.4 Å². The summed E-state index contributed by atoms with van der Waals surface area (Å²) in [6.45, 7) is 3.36. The molecule has 2 aromatic heterocycles. The maximum Gasteiger partial charge on any atom is 0.271 e. The molecular weight excluding hydrogens is 680 g/mol. The van der Waals surface area contributed by atoms with Crippen molar-refractivity contribution in [3.05, 3.63) is 83.0 Å². The van der Waals surface area contributed by atoms with Crippen LogP contribution >= 0.6 is 0 Å². The van der Waals surface area contributed by atoms with E-state index in [0.29, 0.717) is 24.5 Å². The summed E-state index contributed by atoms with van der Waals surface area (Å²) in [5, 5.41) is 12.7. The van der Waals surface area contributed by atoms with Gasteiger partial charge in [-0.15, -0.1) is 0 Å². The van der Waals surface area contributed by atoms with Crippen LogP contribution in [0.2, 0.25) is 0 Å². The Labute approximate surface area is 318 Å². The third-order valence-electron chi connectivity index (χ3n) is 10.8. The summed E-state index contributed by atoms with van der Waals surface area (Å²) >= 11 is 0. The summed E-state index contributed by atoms with van der Waals surface area (Å²) in [4.78, 5) is 48.4. The summed E-state index contributed by atoms with van der Waals surface area (Å²) in [6, 6.07) is 11.3. The Morgan fingerprint density at radius 3 is 2.35 bits per heavy atom. The zero-order valence-electron chi connectivity index (χ0n) is 31.3. The van der Waals surface area contributed by atoms with Gasteiger partial charge in [-0.1, -0.05) is 18.2 Å². The Morgan fingerprint density at radius 1 is 0.981 bits per heavy atom. The Morgan fingerprint density at radius 2 is 1.69 bits per heavy atom. The standard InChI is InChI=1S/C38H47B2N11O3/c1-21-33-26(20-43-51(33)24-15-17-50(18-16-24)38(39,40)30-10-6-9-28(46-30)37(54)48(2)3)25-7-5-8-27(34(25)49(21)4)45-29(32(42)36(53)44-23-13-14-23)19-31(41)47-35(52)22-11-12-22/h5-10,19-24,45H,11-18,41-42H2,1-4H3,(H,44,53)(H,47,52)/b31-19+,32-29+. The number of amides is 3. The number of carbonyl (C=O) groups excluding carboxylic acids is 3. The molecule has 1 atom stereocenters. The average molecular weight is 727 g/mol. The molecule has 7 rings (SSSR count).